The summed E-state index contributed by atoms with van der Waals surface area (Å²) in [5.74, 6) is -1.05. The highest BCUT2D eigenvalue weighted by Crippen LogP contribution is 2.43. The first-order valence-corrected chi connectivity index (χ1v) is 11.1. The van der Waals surface area contributed by atoms with Crippen LogP contribution in [0.15, 0.2) is 49.2 Å². The zero-order chi connectivity index (χ0) is 22.0. The summed E-state index contributed by atoms with van der Waals surface area (Å²) in [5, 5.41) is 19.7. The number of phenolic OH excluding ortho intramolecular Hbond substituents is 1. The third-order valence-corrected chi connectivity index (χ3v) is 7.37. The highest BCUT2D eigenvalue weighted by atomic mass is 79.9. The lowest BCUT2D eigenvalue weighted by atomic mass is 10.2. The maximum Gasteiger partial charge on any atom is 0.335 e. The van der Waals surface area contributed by atoms with E-state index in [1.165, 1.54) is 35.9 Å². The Hall–Kier alpha value is -2.30. The summed E-state index contributed by atoms with van der Waals surface area (Å²) in [4.78, 5) is 30.5. The zero-order valence-corrected chi connectivity index (χ0v) is 19.8. The van der Waals surface area contributed by atoms with Crippen molar-refractivity contribution in [2.45, 2.75) is 6.92 Å². The van der Waals surface area contributed by atoms with E-state index in [0.29, 0.717) is 36.8 Å². The largest absolute Gasteiger partial charge is 0.503 e. The van der Waals surface area contributed by atoms with Crippen molar-refractivity contribution >= 4 is 72.4 Å². The molecule has 0 saturated carbocycles. The van der Waals surface area contributed by atoms with Crippen molar-refractivity contribution < 1.29 is 24.5 Å². The van der Waals surface area contributed by atoms with Crippen LogP contribution in [-0.4, -0.2) is 45.8 Å². The molecule has 2 aromatic carbocycles. The van der Waals surface area contributed by atoms with E-state index in [0.717, 1.165) is 0 Å². The molecule has 1 fully saturated rings. The third kappa shape index (κ3) is 4.40. The minimum atomic E-state index is -1.04. The zero-order valence-electron chi connectivity index (χ0n) is 15.8. The molecule has 156 valence electrons. The molecule has 0 spiro atoms. The molecule has 0 aliphatic carbocycles. The monoisotopic (exact) mass is 554 g/mol. The number of aromatic hydroxyl groups is 1. The molecule has 2 aromatic rings. The van der Waals surface area contributed by atoms with Gasteiger partial charge in [0.25, 0.3) is 5.91 Å². The lowest BCUT2D eigenvalue weighted by Gasteiger charge is -2.12. The van der Waals surface area contributed by atoms with E-state index in [9.17, 15) is 14.7 Å². The number of phenols is 1. The lowest BCUT2D eigenvalue weighted by Crippen LogP contribution is -2.28. The van der Waals surface area contributed by atoms with Crippen molar-refractivity contribution in [3.05, 3.63) is 55.3 Å². The van der Waals surface area contributed by atoms with Crippen LogP contribution in [0.5, 0.6) is 11.5 Å². The normalized spacial score (nSPS) is 16.5. The molecule has 2 N–H and O–H groups in total. The molecule has 0 bridgehead atoms. The van der Waals surface area contributed by atoms with E-state index in [1.54, 1.807) is 24.3 Å². The second-order valence-electron chi connectivity index (χ2n) is 6.05. The molecule has 30 heavy (non-hydrogen) atoms. The number of hydrogen-bond acceptors (Lipinski definition) is 6. The number of ether oxygens (including phenoxy) is 1. The summed E-state index contributed by atoms with van der Waals surface area (Å²) in [7, 11) is 1.44. The van der Waals surface area contributed by atoms with Gasteiger partial charge in [0.1, 0.15) is 0 Å². The van der Waals surface area contributed by atoms with Crippen molar-refractivity contribution in [3.8, 4) is 11.5 Å². The van der Waals surface area contributed by atoms with Crippen LogP contribution in [0.4, 0.5) is 5.69 Å². The molecule has 7 nitrogen and oxygen atoms in total. The van der Waals surface area contributed by atoms with Gasteiger partial charge in [0.2, 0.25) is 0 Å². The number of carboxylic acid groups (broad SMARTS) is 1. The SMILES string of the molecule is CCN1C(=O)C(=Cc2cc(OC)c(O)c(Br)c2Br)SC1=Nc1cccc(C(=O)O)c1. The number of aromatic carboxylic acids is 1. The maximum atomic E-state index is 12.9. The number of carbonyl (C=O) groups is 2. The van der Waals surface area contributed by atoms with Crippen molar-refractivity contribution in [2.75, 3.05) is 13.7 Å². The quantitative estimate of drug-likeness (QED) is 0.489. The fourth-order valence-electron chi connectivity index (χ4n) is 2.70. The Morgan fingerprint density at radius 1 is 1.30 bits per heavy atom. The molecule has 1 amide bonds. The molecule has 0 atom stereocenters. The Balaban J connectivity index is 2.02. The number of rotatable bonds is 5. The number of amides is 1. The first kappa shape index (κ1) is 22.4. The van der Waals surface area contributed by atoms with Crippen LogP contribution in [0.25, 0.3) is 6.08 Å². The van der Waals surface area contributed by atoms with E-state index in [-0.39, 0.29) is 23.0 Å². The van der Waals surface area contributed by atoms with E-state index < -0.39 is 5.97 Å². The predicted octanol–water partition coefficient (Wildman–Crippen LogP) is 5.25. The molecular weight excluding hydrogens is 540 g/mol. The molecule has 0 aromatic heterocycles. The number of carbonyl (C=O) groups excluding carboxylic acids is 1. The van der Waals surface area contributed by atoms with Crippen LogP contribution < -0.4 is 4.74 Å². The van der Waals surface area contributed by atoms with Gasteiger partial charge in [-0.3, -0.25) is 9.69 Å². The molecule has 10 heteroatoms. The van der Waals surface area contributed by atoms with Gasteiger partial charge in [-0.15, -0.1) is 0 Å². The van der Waals surface area contributed by atoms with E-state index in [4.69, 9.17) is 9.84 Å². The van der Waals surface area contributed by atoms with Crippen LogP contribution in [0.2, 0.25) is 0 Å². The fraction of sp³-hybridized carbons (Fsp3) is 0.150. The van der Waals surface area contributed by atoms with Crippen molar-refractivity contribution in [2.24, 2.45) is 4.99 Å². The van der Waals surface area contributed by atoms with Gasteiger partial charge in [-0.05, 0) is 86.5 Å². The van der Waals surface area contributed by atoms with Gasteiger partial charge in [0, 0.05) is 11.0 Å². The molecular formula is C20H16Br2N2O5S. The number of likely N-dealkylation sites (N-methyl/N-ethyl adjacent to an activating group) is 1. The highest BCUT2D eigenvalue weighted by Gasteiger charge is 2.32. The molecule has 1 aliphatic rings. The number of hydrogen-bond donors (Lipinski definition) is 2. The smallest absolute Gasteiger partial charge is 0.335 e. The molecule has 0 radical (unpaired) electrons. The Morgan fingerprint density at radius 3 is 2.67 bits per heavy atom. The summed E-state index contributed by atoms with van der Waals surface area (Å²) in [6.07, 6.45) is 1.68. The van der Waals surface area contributed by atoms with E-state index in [2.05, 4.69) is 36.9 Å². The summed E-state index contributed by atoms with van der Waals surface area (Å²) in [6.45, 7) is 2.24. The first-order valence-electron chi connectivity index (χ1n) is 8.65. The average molecular weight is 556 g/mol. The van der Waals surface area contributed by atoms with Crippen LogP contribution in [-0.2, 0) is 4.79 Å². The molecule has 1 saturated heterocycles. The Labute approximate surface area is 193 Å². The number of carboxylic acids is 1. The molecule has 1 heterocycles. The van der Waals surface area contributed by atoms with Crippen molar-refractivity contribution in [1.82, 2.24) is 4.90 Å². The number of aliphatic imine (C=N–C) groups is 1. The summed E-state index contributed by atoms with van der Waals surface area (Å²) in [5.41, 5.74) is 1.20. The van der Waals surface area contributed by atoms with E-state index >= 15 is 0 Å². The van der Waals surface area contributed by atoms with Crippen molar-refractivity contribution in [1.29, 1.82) is 0 Å². The number of amidine groups is 1. The van der Waals surface area contributed by atoms with Gasteiger partial charge in [-0.2, -0.15) is 0 Å². The van der Waals surface area contributed by atoms with Crippen LogP contribution >= 0.6 is 43.6 Å². The average Bonchev–Trinajstić information content (AvgIpc) is 3.02. The van der Waals surface area contributed by atoms with Gasteiger partial charge in [0.15, 0.2) is 16.7 Å². The van der Waals surface area contributed by atoms with Gasteiger partial charge < -0.3 is 14.9 Å². The molecule has 3 rings (SSSR count). The standard InChI is InChI=1S/C20H16Br2N2O5S/c1-3-24-18(26)14(9-11-8-13(29-2)17(25)16(22)15(11)21)30-20(24)23-12-6-4-5-10(7-12)19(27)28/h4-9,25H,3H2,1-2H3,(H,27,28). The second kappa shape index (κ2) is 9.23. The molecule has 1 aliphatic heterocycles. The third-order valence-electron chi connectivity index (χ3n) is 4.20. The van der Waals surface area contributed by atoms with Crippen molar-refractivity contribution in [3.63, 3.8) is 0 Å². The van der Waals surface area contributed by atoms with Crippen LogP contribution in [0, 0.1) is 0 Å². The number of halogens is 2. The summed E-state index contributed by atoms with van der Waals surface area (Å²) >= 11 is 7.91. The van der Waals surface area contributed by atoms with Crippen LogP contribution in [0.3, 0.4) is 0 Å². The van der Waals surface area contributed by atoms with Gasteiger partial charge in [-0.1, -0.05) is 6.07 Å². The van der Waals surface area contributed by atoms with E-state index in [1.807, 2.05) is 6.92 Å². The minimum absolute atomic E-state index is 0.0484. The number of methoxy groups -OCH3 is 1. The highest BCUT2D eigenvalue weighted by molar-refractivity contribution is 9.13. The fourth-order valence-corrected chi connectivity index (χ4v) is 4.60. The second-order valence-corrected chi connectivity index (χ2v) is 8.65. The summed E-state index contributed by atoms with van der Waals surface area (Å²) < 4.78 is 6.17. The Kier molecular flexibility index (Phi) is 6.89. The topological polar surface area (TPSA) is 99.4 Å². The lowest BCUT2D eigenvalue weighted by molar-refractivity contribution is -0.122. The predicted molar refractivity (Wildman–Crippen MR) is 124 cm³/mol. The van der Waals surface area contributed by atoms with Gasteiger partial charge in [0.05, 0.1) is 27.7 Å². The Morgan fingerprint density at radius 2 is 2.03 bits per heavy atom. The van der Waals surface area contributed by atoms with Crippen LogP contribution in [0.1, 0.15) is 22.8 Å². The number of nitrogens with zero attached hydrogens (tertiary/aromatic N) is 2. The van der Waals surface area contributed by atoms with Gasteiger partial charge >= 0.3 is 5.97 Å². The minimum Gasteiger partial charge on any atom is -0.503 e. The summed E-state index contributed by atoms with van der Waals surface area (Å²) in [6, 6.07) is 7.84. The first-order chi connectivity index (χ1) is 14.3. The number of benzene rings is 2. The maximum absolute atomic E-state index is 12.9. The Bertz CT molecular complexity index is 1100. The number of thioether (sulfide) groups is 1. The molecule has 0 unspecified atom stereocenters. The van der Waals surface area contributed by atoms with Gasteiger partial charge in [-0.25, -0.2) is 9.79 Å².